The van der Waals surface area contributed by atoms with Crippen LogP contribution in [0.3, 0.4) is 0 Å². The van der Waals surface area contributed by atoms with E-state index in [-0.39, 0.29) is 0 Å². The van der Waals surface area contributed by atoms with Gasteiger partial charge in [-0.3, -0.25) is 4.90 Å². The molecule has 21 heavy (non-hydrogen) atoms. The summed E-state index contributed by atoms with van der Waals surface area (Å²) in [7, 11) is 0. The monoisotopic (exact) mass is 290 g/mol. The summed E-state index contributed by atoms with van der Waals surface area (Å²) in [5, 5.41) is 10.9. The van der Waals surface area contributed by atoms with Crippen LogP contribution in [0.1, 0.15) is 31.2 Å². The lowest BCUT2D eigenvalue weighted by molar-refractivity contribution is -0.0519. The van der Waals surface area contributed by atoms with Crippen LogP contribution in [0.4, 0.5) is 5.82 Å². The number of nitrogen functional groups attached to an aromatic ring is 1. The first-order valence-electron chi connectivity index (χ1n) is 8.01. The average molecular weight is 290 g/mol. The zero-order valence-corrected chi connectivity index (χ0v) is 12.7. The van der Waals surface area contributed by atoms with Crippen LogP contribution in [0.25, 0.3) is 0 Å². The van der Waals surface area contributed by atoms with Crippen molar-refractivity contribution in [1.29, 1.82) is 0 Å². The molecule has 5 nitrogen and oxygen atoms in total. The number of rotatable bonds is 4. The van der Waals surface area contributed by atoms with Gasteiger partial charge < -0.3 is 15.7 Å². The molecule has 0 bridgehead atoms. The van der Waals surface area contributed by atoms with Crippen molar-refractivity contribution in [2.75, 3.05) is 38.5 Å². The second kappa shape index (κ2) is 6.30. The molecule has 2 saturated heterocycles. The molecule has 0 amide bonds. The van der Waals surface area contributed by atoms with Crippen molar-refractivity contribution in [3.63, 3.8) is 0 Å². The average Bonchev–Trinajstić information content (AvgIpc) is 2.93. The molecule has 3 N–H and O–H groups in total. The van der Waals surface area contributed by atoms with Crippen molar-refractivity contribution in [1.82, 2.24) is 14.8 Å². The lowest BCUT2D eigenvalue weighted by Crippen LogP contribution is -2.53. The first kappa shape index (κ1) is 14.8. The molecule has 1 aromatic heterocycles. The number of hydrogen-bond donors (Lipinski definition) is 2. The van der Waals surface area contributed by atoms with Gasteiger partial charge >= 0.3 is 0 Å². The zero-order chi connectivity index (χ0) is 14.7. The van der Waals surface area contributed by atoms with Crippen molar-refractivity contribution < 1.29 is 5.11 Å². The summed E-state index contributed by atoms with van der Waals surface area (Å²) in [6, 6.07) is 3.95. The second-order valence-corrected chi connectivity index (χ2v) is 6.57. The quantitative estimate of drug-likeness (QED) is 0.869. The third-order valence-electron chi connectivity index (χ3n) is 4.67. The summed E-state index contributed by atoms with van der Waals surface area (Å²) in [5.41, 5.74) is 6.42. The molecule has 0 unspecified atom stereocenters. The van der Waals surface area contributed by atoms with E-state index in [4.69, 9.17) is 5.73 Å². The van der Waals surface area contributed by atoms with Crippen LogP contribution >= 0.6 is 0 Å². The van der Waals surface area contributed by atoms with E-state index in [0.717, 1.165) is 57.7 Å². The number of aromatic nitrogens is 1. The summed E-state index contributed by atoms with van der Waals surface area (Å²) in [4.78, 5) is 8.86. The number of nitrogens with zero attached hydrogens (tertiary/aromatic N) is 3. The van der Waals surface area contributed by atoms with Crippen molar-refractivity contribution in [2.24, 2.45) is 0 Å². The molecule has 0 saturated carbocycles. The number of β-amino-alcohol motifs (C(OH)–C–C–N with tert-alkyl or cyclic N) is 1. The van der Waals surface area contributed by atoms with Gasteiger partial charge in [0.15, 0.2) is 0 Å². The number of anilines is 1. The Morgan fingerprint density at radius 1 is 1.19 bits per heavy atom. The predicted molar refractivity (Wildman–Crippen MR) is 83.8 cm³/mol. The molecule has 3 heterocycles. The highest BCUT2D eigenvalue weighted by Crippen LogP contribution is 2.25. The van der Waals surface area contributed by atoms with E-state index < -0.39 is 5.60 Å². The predicted octanol–water partition coefficient (Wildman–Crippen LogP) is 1.09. The van der Waals surface area contributed by atoms with Crippen molar-refractivity contribution in [3.8, 4) is 0 Å². The molecule has 2 fully saturated rings. The molecule has 1 atom stereocenters. The minimum Gasteiger partial charge on any atom is -0.387 e. The Morgan fingerprint density at radius 3 is 2.71 bits per heavy atom. The molecule has 0 aliphatic carbocycles. The van der Waals surface area contributed by atoms with Crippen molar-refractivity contribution in [3.05, 3.63) is 23.9 Å². The number of hydrogen-bond acceptors (Lipinski definition) is 5. The summed E-state index contributed by atoms with van der Waals surface area (Å²) >= 11 is 0. The Hall–Kier alpha value is -1.17. The fourth-order valence-corrected chi connectivity index (χ4v) is 3.65. The van der Waals surface area contributed by atoms with Crippen LogP contribution < -0.4 is 5.73 Å². The van der Waals surface area contributed by atoms with Gasteiger partial charge in [-0.25, -0.2) is 4.98 Å². The molecule has 0 spiro atoms. The molecule has 2 aliphatic heterocycles. The molecular weight excluding hydrogens is 264 g/mol. The Kier molecular flexibility index (Phi) is 4.42. The molecule has 5 heteroatoms. The normalized spacial score (nSPS) is 28.0. The first-order valence-corrected chi connectivity index (χ1v) is 8.01. The molecular formula is C16H26N4O. The van der Waals surface area contributed by atoms with Gasteiger partial charge in [0.25, 0.3) is 0 Å². The molecule has 1 aromatic rings. The largest absolute Gasteiger partial charge is 0.387 e. The Labute approximate surface area is 126 Å². The maximum Gasteiger partial charge on any atom is 0.127 e. The number of piperidine rings is 1. The highest BCUT2D eigenvalue weighted by Gasteiger charge is 2.35. The molecule has 3 rings (SSSR count). The Morgan fingerprint density at radius 2 is 1.95 bits per heavy atom. The fourth-order valence-electron chi connectivity index (χ4n) is 3.65. The van der Waals surface area contributed by atoms with E-state index in [1.54, 1.807) is 6.20 Å². The lowest BCUT2D eigenvalue weighted by atomic mass is 9.92. The number of likely N-dealkylation sites (tertiary alicyclic amines) is 2. The van der Waals surface area contributed by atoms with Gasteiger partial charge in [0.2, 0.25) is 0 Å². The minimum absolute atomic E-state index is 0.570. The zero-order valence-electron chi connectivity index (χ0n) is 12.7. The Bertz CT molecular complexity index is 475. The van der Waals surface area contributed by atoms with Crippen LogP contribution in [0.2, 0.25) is 0 Å². The number of aliphatic hydroxyl groups is 1. The van der Waals surface area contributed by atoms with Gasteiger partial charge in [0, 0.05) is 31.4 Å². The van der Waals surface area contributed by atoms with Gasteiger partial charge in [-0.15, -0.1) is 0 Å². The SMILES string of the molecule is Nc1ncccc1CN1CCC[C@@](O)(CN2CCCC2)C1. The van der Waals surface area contributed by atoms with E-state index >= 15 is 0 Å². The van der Waals surface area contributed by atoms with Gasteiger partial charge in [0.1, 0.15) is 5.82 Å². The molecule has 2 aliphatic rings. The fraction of sp³-hybridized carbons (Fsp3) is 0.688. The third kappa shape index (κ3) is 3.73. The van der Waals surface area contributed by atoms with Gasteiger partial charge in [-0.1, -0.05) is 6.07 Å². The summed E-state index contributed by atoms with van der Waals surface area (Å²) in [6.45, 7) is 5.62. The minimum atomic E-state index is -0.570. The standard InChI is InChI=1S/C16H26N4O/c17-15-14(5-3-7-18-15)11-20-10-4-6-16(21,13-20)12-19-8-1-2-9-19/h3,5,7,21H,1-2,4,6,8-13H2,(H2,17,18)/t16-/m1/s1. The highest BCUT2D eigenvalue weighted by molar-refractivity contribution is 5.38. The summed E-state index contributed by atoms with van der Waals surface area (Å²) in [6.07, 6.45) is 6.21. The maximum atomic E-state index is 10.9. The van der Waals surface area contributed by atoms with Crippen molar-refractivity contribution in [2.45, 2.75) is 37.8 Å². The second-order valence-electron chi connectivity index (χ2n) is 6.57. The molecule has 0 aromatic carbocycles. The lowest BCUT2D eigenvalue weighted by Gasteiger charge is -2.41. The highest BCUT2D eigenvalue weighted by atomic mass is 16.3. The topological polar surface area (TPSA) is 65.6 Å². The van der Waals surface area contributed by atoms with Crippen LogP contribution in [0.15, 0.2) is 18.3 Å². The first-order chi connectivity index (χ1) is 10.1. The van der Waals surface area contributed by atoms with E-state index in [1.165, 1.54) is 12.8 Å². The number of pyridine rings is 1. The maximum absolute atomic E-state index is 10.9. The van der Waals surface area contributed by atoms with Crippen LogP contribution in [-0.2, 0) is 6.54 Å². The van der Waals surface area contributed by atoms with Crippen LogP contribution in [-0.4, -0.2) is 58.2 Å². The van der Waals surface area contributed by atoms with E-state index in [1.807, 2.05) is 12.1 Å². The third-order valence-corrected chi connectivity index (χ3v) is 4.67. The number of nitrogens with two attached hydrogens (primary N) is 1. The smallest absolute Gasteiger partial charge is 0.127 e. The van der Waals surface area contributed by atoms with Gasteiger partial charge in [-0.05, 0) is 51.4 Å². The Balaban J connectivity index is 1.61. The van der Waals surface area contributed by atoms with Crippen molar-refractivity contribution >= 4 is 5.82 Å². The van der Waals surface area contributed by atoms with Gasteiger partial charge in [0.05, 0.1) is 5.60 Å². The van der Waals surface area contributed by atoms with E-state index in [0.29, 0.717) is 5.82 Å². The molecule has 0 radical (unpaired) electrons. The summed E-state index contributed by atoms with van der Waals surface area (Å²) in [5.74, 6) is 0.603. The van der Waals surface area contributed by atoms with Gasteiger partial charge in [-0.2, -0.15) is 0 Å². The van der Waals surface area contributed by atoms with Crippen LogP contribution in [0, 0.1) is 0 Å². The molecule has 116 valence electrons. The van der Waals surface area contributed by atoms with Crippen LogP contribution in [0.5, 0.6) is 0 Å². The van der Waals surface area contributed by atoms with E-state index in [2.05, 4.69) is 14.8 Å². The summed E-state index contributed by atoms with van der Waals surface area (Å²) < 4.78 is 0. The van der Waals surface area contributed by atoms with E-state index in [9.17, 15) is 5.11 Å².